The standard InChI is InChI=1S/C23H27N7O2S/c1-2-14(10-24)4-3-7-26-17-13-28-21-6-5-18(30(21)23(17)32)22(31)29-12-16-8-15-11-27-20(25)9-19(15)33-16/h2,8-11,13,18,24,26H,3-7,12H2,1H3,(H2,25,27)(H,29,31)/b14-2-,24-10?. The van der Waals surface area contributed by atoms with Crippen LogP contribution in [-0.2, 0) is 17.8 Å². The highest BCUT2D eigenvalue weighted by atomic mass is 32.1. The van der Waals surface area contributed by atoms with Gasteiger partial charge in [0.1, 0.15) is 23.4 Å². The summed E-state index contributed by atoms with van der Waals surface area (Å²) in [5.41, 5.74) is 6.87. The predicted octanol–water partition coefficient (Wildman–Crippen LogP) is 3.03. The maximum absolute atomic E-state index is 13.1. The molecule has 0 aliphatic carbocycles. The Morgan fingerprint density at radius 2 is 2.21 bits per heavy atom. The van der Waals surface area contributed by atoms with Gasteiger partial charge in [0.2, 0.25) is 5.91 Å². The Morgan fingerprint density at radius 3 is 3.00 bits per heavy atom. The molecule has 0 bridgehead atoms. The molecule has 9 nitrogen and oxygen atoms in total. The summed E-state index contributed by atoms with van der Waals surface area (Å²) in [6.45, 7) is 2.87. The van der Waals surface area contributed by atoms with Crippen molar-refractivity contribution in [1.82, 2.24) is 19.9 Å². The molecule has 1 aliphatic rings. The lowest BCUT2D eigenvalue weighted by Crippen LogP contribution is -2.36. The highest BCUT2D eigenvalue weighted by Gasteiger charge is 2.31. The van der Waals surface area contributed by atoms with Crippen LogP contribution in [0.3, 0.4) is 0 Å². The molecule has 3 aromatic heterocycles. The Morgan fingerprint density at radius 1 is 1.36 bits per heavy atom. The Bertz CT molecular complexity index is 1280. The summed E-state index contributed by atoms with van der Waals surface area (Å²) in [4.78, 5) is 35.5. The third-order valence-corrected chi connectivity index (χ3v) is 6.85. The number of nitrogen functional groups attached to an aromatic ring is 1. The highest BCUT2D eigenvalue weighted by molar-refractivity contribution is 7.19. The number of aromatic nitrogens is 3. The number of nitrogens with zero attached hydrogens (tertiary/aromatic N) is 3. The summed E-state index contributed by atoms with van der Waals surface area (Å²) < 4.78 is 2.54. The Kier molecular flexibility index (Phi) is 6.83. The van der Waals surface area contributed by atoms with E-state index in [9.17, 15) is 9.59 Å². The lowest BCUT2D eigenvalue weighted by Gasteiger charge is -2.15. The Labute approximate surface area is 195 Å². The molecule has 5 N–H and O–H groups in total. The van der Waals surface area contributed by atoms with Gasteiger partial charge in [-0.05, 0) is 43.9 Å². The van der Waals surface area contributed by atoms with Crippen molar-refractivity contribution in [2.24, 2.45) is 0 Å². The van der Waals surface area contributed by atoms with Crippen LogP contribution in [0.5, 0.6) is 0 Å². The van der Waals surface area contributed by atoms with Gasteiger partial charge in [0.25, 0.3) is 5.56 Å². The molecule has 0 fully saturated rings. The average molecular weight is 466 g/mol. The second-order valence-electron chi connectivity index (χ2n) is 7.93. The maximum atomic E-state index is 13.1. The summed E-state index contributed by atoms with van der Waals surface area (Å²) in [7, 11) is 0. The minimum atomic E-state index is -0.569. The van der Waals surface area contributed by atoms with Gasteiger partial charge in [0, 0.05) is 40.3 Å². The van der Waals surface area contributed by atoms with Gasteiger partial charge in [-0.1, -0.05) is 6.08 Å². The van der Waals surface area contributed by atoms with Crippen molar-refractivity contribution < 1.29 is 4.79 Å². The first kappa shape index (κ1) is 22.7. The van der Waals surface area contributed by atoms with Gasteiger partial charge < -0.3 is 21.8 Å². The molecule has 172 valence electrons. The van der Waals surface area contributed by atoms with Crippen LogP contribution in [0.1, 0.15) is 42.9 Å². The van der Waals surface area contributed by atoms with E-state index in [1.165, 1.54) is 10.8 Å². The molecule has 33 heavy (non-hydrogen) atoms. The van der Waals surface area contributed by atoms with Crippen LogP contribution in [-0.4, -0.2) is 33.2 Å². The van der Waals surface area contributed by atoms with Crippen molar-refractivity contribution in [3.63, 3.8) is 0 Å². The van der Waals surface area contributed by atoms with E-state index in [1.54, 1.807) is 23.7 Å². The number of pyridine rings is 1. The van der Waals surface area contributed by atoms with Gasteiger partial charge in [-0.25, -0.2) is 9.97 Å². The third-order valence-electron chi connectivity index (χ3n) is 5.75. The van der Waals surface area contributed by atoms with E-state index in [-0.39, 0.29) is 11.5 Å². The number of thiophene rings is 1. The molecule has 0 saturated heterocycles. The topological polar surface area (TPSA) is 139 Å². The maximum Gasteiger partial charge on any atom is 0.277 e. The van der Waals surface area contributed by atoms with Crippen molar-refractivity contribution in [2.45, 2.75) is 45.2 Å². The average Bonchev–Trinajstić information content (AvgIpc) is 3.43. The van der Waals surface area contributed by atoms with Crippen LogP contribution in [0.4, 0.5) is 11.5 Å². The molecule has 1 unspecified atom stereocenters. The smallest absolute Gasteiger partial charge is 0.277 e. The monoisotopic (exact) mass is 465 g/mol. The normalized spacial score (nSPS) is 15.4. The number of fused-ring (bicyclic) bond motifs is 2. The first-order chi connectivity index (χ1) is 16.0. The molecular weight excluding hydrogens is 438 g/mol. The number of hydrogen-bond acceptors (Lipinski definition) is 8. The summed E-state index contributed by atoms with van der Waals surface area (Å²) >= 11 is 1.56. The molecule has 0 radical (unpaired) electrons. The van der Waals surface area contributed by atoms with Gasteiger partial charge in [-0.2, -0.15) is 0 Å². The minimum absolute atomic E-state index is 0.186. The van der Waals surface area contributed by atoms with Crippen molar-refractivity contribution in [3.05, 3.63) is 57.2 Å². The summed E-state index contributed by atoms with van der Waals surface area (Å²) in [5, 5.41) is 14.4. The van der Waals surface area contributed by atoms with Crippen molar-refractivity contribution in [3.8, 4) is 0 Å². The summed E-state index contributed by atoms with van der Waals surface area (Å²) in [6.07, 6.45) is 9.23. The summed E-state index contributed by atoms with van der Waals surface area (Å²) in [5.74, 6) is 0.915. The van der Waals surface area contributed by atoms with E-state index in [1.807, 2.05) is 25.1 Å². The number of anilines is 2. The molecule has 10 heteroatoms. The van der Waals surface area contributed by atoms with Gasteiger partial charge in [0.05, 0.1) is 12.7 Å². The fourth-order valence-corrected chi connectivity index (χ4v) is 4.99. The second-order valence-corrected chi connectivity index (χ2v) is 9.10. The van der Waals surface area contributed by atoms with Gasteiger partial charge in [-0.3, -0.25) is 14.2 Å². The Balaban J connectivity index is 1.40. The fraction of sp³-hybridized carbons (Fsp3) is 0.348. The number of amides is 1. The van der Waals surface area contributed by atoms with Crippen molar-refractivity contribution in [1.29, 1.82) is 5.41 Å². The number of allylic oxidation sites excluding steroid dienone is 2. The van der Waals surface area contributed by atoms with Crippen molar-refractivity contribution in [2.75, 3.05) is 17.6 Å². The van der Waals surface area contributed by atoms with Gasteiger partial charge in [0.15, 0.2) is 0 Å². The number of carbonyl (C=O) groups is 1. The number of nitrogens with two attached hydrogens (primary N) is 1. The number of nitrogens with one attached hydrogen (secondary N) is 3. The zero-order valence-electron chi connectivity index (χ0n) is 18.4. The van der Waals surface area contributed by atoms with Crippen LogP contribution in [0.25, 0.3) is 10.1 Å². The summed E-state index contributed by atoms with van der Waals surface area (Å²) in [6, 6.07) is 3.24. The first-order valence-corrected chi connectivity index (χ1v) is 11.7. The second kappa shape index (κ2) is 9.95. The predicted molar refractivity (Wildman–Crippen MR) is 132 cm³/mol. The quantitative estimate of drug-likeness (QED) is 0.283. The molecule has 0 saturated carbocycles. The van der Waals surface area contributed by atoms with Gasteiger partial charge >= 0.3 is 0 Å². The van der Waals surface area contributed by atoms with E-state index in [2.05, 4.69) is 20.6 Å². The lowest BCUT2D eigenvalue weighted by molar-refractivity contribution is -0.124. The largest absolute Gasteiger partial charge is 0.384 e. The number of aryl methyl sites for hydroxylation is 1. The molecule has 1 amide bonds. The van der Waals surface area contributed by atoms with E-state index in [4.69, 9.17) is 11.1 Å². The number of carbonyl (C=O) groups excluding carboxylic acids is 1. The molecule has 4 heterocycles. The zero-order valence-corrected chi connectivity index (χ0v) is 19.2. The van der Waals surface area contributed by atoms with Crippen LogP contribution in [0, 0.1) is 5.41 Å². The van der Waals surface area contributed by atoms with E-state index < -0.39 is 6.04 Å². The highest BCUT2D eigenvalue weighted by Crippen LogP contribution is 2.27. The van der Waals surface area contributed by atoms with Crippen LogP contribution in [0.15, 0.2) is 41.0 Å². The van der Waals surface area contributed by atoms with Crippen molar-refractivity contribution >= 4 is 45.0 Å². The van der Waals surface area contributed by atoms with Gasteiger partial charge in [-0.15, -0.1) is 11.3 Å². The third kappa shape index (κ3) is 4.95. The SMILES string of the molecule is C/C=C(\C=N)CCCNc1cnc2n(c1=O)C(C(=O)NCc1cc3cnc(N)cc3s1)CC2. The number of hydrogen-bond donors (Lipinski definition) is 4. The lowest BCUT2D eigenvalue weighted by atomic mass is 10.1. The molecule has 4 rings (SSSR count). The molecule has 1 atom stereocenters. The molecular formula is C23H27N7O2S. The van der Waals surface area contributed by atoms with Crippen LogP contribution >= 0.6 is 11.3 Å². The molecule has 3 aromatic rings. The van der Waals surface area contributed by atoms with E-state index in [0.717, 1.165) is 33.4 Å². The Hall–Kier alpha value is -3.53. The minimum Gasteiger partial charge on any atom is -0.384 e. The first-order valence-electron chi connectivity index (χ1n) is 10.9. The van der Waals surface area contributed by atoms with Crippen LogP contribution in [0.2, 0.25) is 0 Å². The van der Waals surface area contributed by atoms with E-state index in [0.29, 0.717) is 43.3 Å². The zero-order chi connectivity index (χ0) is 23.4. The van der Waals surface area contributed by atoms with Crippen LogP contribution < -0.4 is 21.9 Å². The molecule has 1 aliphatic heterocycles. The molecule has 0 spiro atoms. The fourth-order valence-electron chi connectivity index (χ4n) is 3.97. The van der Waals surface area contributed by atoms with E-state index >= 15 is 0 Å². The molecule has 0 aromatic carbocycles. The number of rotatable bonds is 9.